The SMILES string of the molecule is Cc1ccc(CC(=O)N2CCN(CC(=O)NC(=O)Nc3cccc(C)c3C)CC2)cc1. The molecule has 2 aromatic carbocycles. The zero-order valence-corrected chi connectivity index (χ0v) is 18.4. The van der Waals surface area contributed by atoms with E-state index in [1.54, 1.807) is 6.07 Å². The molecule has 7 heteroatoms. The molecule has 7 nitrogen and oxygen atoms in total. The Balaban J connectivity index is 1.41. The lowest BCUT2D eigenvalue weighted by Crippen LogP contribution is -2.52. The minimum Gasteiger partial charge on any atom is -0.340 e. The molecule has 0 radical (unpaired) electrons. The number of benzene rings is 2. The molecule has 2 aromatic rings. The standard InChI is InChI=1S/C24H30N4O3/c1-17-7-9-20(10-8-17)15-23(30)28-13-11-27(12-14-28)16-22(29)26-24(31)25-21-6-4-5-18(2)19(21)3/h4-10H,11-16H2,1-3H3,(H2,25,26,29,31). The number of nitrogens with zero attached hydrogens (tertiary/aromatic N) is 2. The summed E-state index contributed by atoms with van der Waals surface area (Å²) < 4.78 is 0. The van der Waals surface area contributed by atoms with Crippen LogP contribution in [0.3, 0.4) is 0 Å². The van der Waals surface area contributed by atoms with Gasteiger partial charge in [-0.25, -0.2) is 4.79 Å². The molecule has 0 bridgehead atoms. The Kier molecular flexibility index (Phi) is 7.41. The molecule has 1 aliphatic heterocycles. The van der Waals surface area contributed by atoms with Crippen molar-refractivity contribution in [3.05, 3.63) is 64.7 Å². The summed E-state index contributed by atoms with van der Waals surface area (Å²) in [5, 5.41) is 5.11. The van der Waals surface area contributed by atoms with Crippen LogP contribution in [0.5, 0.6) is 0 Å². The van der Waals surface area contributed by atoms with Gasteiger partial charge < -0.3 is 10.2 Å². The predicted molar refractivity (Wildman–Crippen MR) is 121 cm³/mol. The van der Waals surface area contributed by atoms with Crippen molar-refractivity contribution in [2.75, 3.05) is 38.0 Å². The van der Waals surface area contributed by atoms with Gasteiger partial charge in [0.05, 0.1) is 13.0 Å². The van der Waals surface area contributed by atoms with E-state index in [9.17, 15) is 14.4 Å². The fourth-order valence-electron chi connectivity index (χ4n) is 3.56. The number of anilines is 1. The molecule has 0 atom stereocenters. The van der Waals surface area contributed by atoms with Crippen molar-refractivity contribution in [3.63, 3.8) is 0 Å². The number of piperazine rings is 1. The second-order valence-electron chi connectivity index (χ2n) is 8.07. The van der Waals surface area contributed by atoms with E-state index in [2.05, 4.69) is 10.6 Å². The van der Waals surface area contributed by atoms with Crippen LogP contribution >= 0.6 is 0 Å². The van der Waals surface area contributed by atoms with Crippen molar-refractivity contribution in [2.24, 2.45) is 0 Å². The number of rotatable bonds is 5. The van der Waals surface area contributed by atoms with Gasteiger partial charge in [0.2, 0.25) is 11.8 Å². The van der Waals surface area contributed by atoms with E-state index in [0.717, 1.165) is 16.7 Å². The molecule has 0 spiro atoms. The number of imide groups is 1. The molecule has 4 amide bonds. The molecule has 1 aliphatic rings. The van der Waals surface area contributed by atoms with Gasteiger partial charge in [0.15, 0.2) is 0 Å². The van der Waals surface area contributed by atoms with E-state index in [0.29, 0.717) is 38.3 Å². The lowest BCUT2D eigenvalue weighted by molar-refractivity contribution is -0.132. The van der Waals surface area contributed by atoms with Crippen molar-refractivity contribution in [1.29, 1.82) is 0 Å². The fraction of sp³-hybridized carbons (Fsp3) is 0.375. The third kappa shape index (κ3) is 6.39. The van der Waals surface area contributed by atoms with Gasteiger partial charge in [0.25, 0.3) is 0 Å². The van der Waals surface area contributed by atoms with E-state index in [4.69, 9.17) is 0 Å². The molecule has 31 heavy (non-hydrogen) atoms. The first-order valence-electron chi connectivity index (χ1n) is 10.5. The van der Waals surface area contributed by atoms with E-state index in [1.165, 1.54) is 5.56 Å². The number of hydrogen-bond acceptors (Lipinski definition) is 4. The maximum Gasteiger partial charge on any atom is 0.325 e. The normalized spacial score (nSPS) is 14.2. The van der Waals surface area contributed by atoms with Gasteiger partial charge in [-0.3, -0.25) is 19.8 Å². The first kappa shape index (κ1) is 22.5. The number of amides is 4. The molecular formula is C24H30N4O3. The molecule has 1 heterocycles. The Hall–Kier alpha value is -3.19. The third-order valence-electron chi connectivity index (χ3n) is 5.67. The monoisotopic (exact) mass is 422 g/mol. The molecule has 0 aromatic heterocycles. The first-order chi connectivity index (χ1) is 14.8. The van der Waals surface area contributed by atoms with Gasteiger partial charge in [-0.1, -0.05) is 42.0 Å². The number of nitrogens with one attached hydrogen (secondary N) is 2. The molecule has 2 N–H and O–H groups in total. The summed E-state index contributed by atoms with van der Waals surface area (Å²) in [7, 11) is 0. The topological polar surface area (TPSA) is 81.8 Å². The maximum atomic E-state index is 12.5. The van der Waals surface area contributed by atoms with Gasteiger partial charge in [0.1, 0.15) is 0 Å². The minimum atomic E-state index is -0.536. The molecule has 1 saturated heterocycles. The predicted octanol–water partition coefficient (Wildman–Crippen LogP) is 2.65. The van der Waals surface area contributed by atoms with E-state index in [-0.39, 0.29) is 18.4 Å². The Morgan fingerprint density at radius 2 is 1.58 bits per heavy atom. The van der Waals surface area contributed by atoms with Gasteiger partial charge in [0, 0.05) is 31.9 Å². The summed E-state index contributed by atoms with van der Waals surface area (Å²) in [5.74, 6) is -0.261. The van der Waals surface area contributed by atoms with Crippen LogP contribution in [-0.4, -0.2) is 60.4 Å². The van der Waals surface area contributed by atoms with Crippen molar-refractivity contribution in [1.82, 2.24) is 15.1 Å². The van der Waals surface area contributed by atoms with Gasteiger partial charge in [-0.15, -0.1) is 0 Å². The quantitative estimate of drug-likeness (QED) is 0.776. The van der Waals surface area contributed by atoms with Crippen LogP contribution in [0.15, 0.2) is 42.5 Å². The highest BCUT2D eigenvalue weighted by Gasteiger charge is 2.23. The van der Waals surface area contributed by atoms with Crippen LogP contribution < -0.4 is 10.6 Å². The molecular weight excluding hydrogens is 392 g/mol. The van der Waals surface area contributed by atoms with Crippen LogP contribution in [0.2, 0.25) is 0 Å². The Labute approximate surface area is 183 Å². The second kappa shape index (κ2) is 10.2. The summed E-state index contributed by atoms with van der Waals surface area (Å²) in [4.78, 5) is 40.7. The van der Waals surface area contributed by atoms with E-state index >= 15 is 0 Å². The van der Waals surface area contributed by atoms with Crippen LogP contribution in [0.4, 0.5) is 10.5 Å². The van der Waals surface area contributed by atoms with Crippen LogP contribution in [-0.2, 0) is 16.0 Å². The zero-order chi connectivity index (χ0) is 22.4. The molecule has 1 fully saturated rings. The highest BCUT2D eigenvalue weighted by atomic mass is 16.2. The lowest BCUT2D eigenvalue weighted by atomic mass is 10.1. The average molecular weight is 423 g/mol. The number of carbonyl (C=O) groups excluding carboxylic acids is 3. The summed E-state index contributed by atoms with van der Waals surface area (Å²) in [6, 6.07) is 13.1. The lowest BCUT2D eigenvalue weighted by Gasteiger charge is -2.34. The Morgan fingerprint density at radius 1 is 0.903 bits per heavy atom. The molecule has 164 valence electrons. The highest BCUT2D eigenvalue weighted by molar-refractivity contribution is 6.02. The Morgan fingerprint density at radius 3 is 2.26 bits per heavy atom. The van der Waals surface area contributed by atoms with Crippen molar-refractivity contribution in [3.8, 4) is 0 Å². The van der Waals surface area contributed by atoms with Crippen LogP contribution in [0.1, 0.15) is 22.3 Å². The summed E-state index contributed by atoms with van der Waals surface area (Å²) in [6.07, 6.45) is 0.388. The van der Waals surface area contributed by atoms with E-state index < -0.39 is 6.03 Å². The van der Waals surface area contributed by atoms with Gasteiger partial charge in [-0.2, -0.15) is 0 Å². The molecule has 0 unspecified atom stereocenters. The molecule has 0 aliphatic carbocycles. The number of aryl methyl sites for hydroxylation is 2. The summed E-state index contributed by atoms with van der Waals surface area (Å²) >= 11 is 0. The van der Waals surface area contributed by atoms with E-state index in [1.807, 2.05) is 67.0 Å². The highest BCUT2D eigenvalue weighted by Crippen LogP contribution is 2.17. The van der Waals surface area contributed by atoms with Crippen molar-refractivity contribution in [2.45, 2.75) is 27.2 Å². The number of hydrogen-bond donors (Lipinski definition) is 2. The van der Waals surface area contributed by atoms with Gasteiger partial charge >= 0.3 is 6.03 Å². The zero-order valence-electron chi connectivity index (χ0n) is 18.4. The average Bonchev–Trinajstić information content (AvgIpc) is 2.73. The second-order valence-corrected chi connectivity index (χ2v) is 8.07. The molecule has 0 saturated carbocycles. The minimum absolute atomic E-state index is 0.0980. The number of urea groups is 1. The Bertz CT molecular complexity index is 948. The summed E-state index contributed by atoms with van der Waals surface area (Å²) in [6.45, 7) is 8.40. The van der Waals surface area contributed by atoms with Crippen molar-refractivity contribution < 1.29 is 14.4 Å². The summed E-state index contributed by atoms with van der Waals surface area (Å²) in [5.41, 5.74) is 4.90. The third-order valence-corrected chi connectivity index (χ3v) is 5.67. The van der Waals surface area contributed by atoms with Crippen LogP contribution in [0, 0.1) is 20.8 Å². The largest absolute Gasteiger partial charge is 0.340 e. The maximum absolute atomic E-state index is 12.5. The number of carbonyl (C=O) groups is 3. The van der Waals surface area contributed by atoms with Crippen LogP contribution in [0.25, 0.3) is 0 Å². The smallest absolute Gasteiger partial charge is 0.325 e. The van der Waals surface area contributed by atoms with Gasteiger partial charge in [-0.05, 0) is 43.5 Å². The first-order valence-corrected chi connectivity index (χ1v) is 10.5. The van der Waals surface area contributed by atoms with Crippen molar-refractivity contribution >= 4 is 23.5 Å². The molecule has 3 rings (SSSR count). The fourth-order valence-corrected chi connectivity index (χ4v) is 3.56.